The molecule has 0 saturated heterocycles. The van der Waals surface area contributed by atoms with Crippen LogP contribution in [-0.2, 0) is 6.42 Å². The molecule has 0 spiro atoms. The molecule has 0 amide bonds. The van der Waals surface area contributed by atoms with Crippen LogP contribution in [0.15, 0.2) is 51.8 Å². The maximum Gasteiger partial charge on any atom is 0.124 e. The van der Waals surface area contributed by atoms with Crippen molar-refractivity contribution in [1.29, 1.82) is 0 Å². The van der Waals surface area contributed by atoms with Gasteiger partial charge in [0.15, 0.2) is 0 Å². The third-order valence-corrected chi connectivity index (χ3v) is 5.23. The molecule has 104 valence electrons. The van der Waals surface area contributed by atoms with E-state index in [-0.39, 0.29) is 11.7 Å². The van der Waals surface area contributed by atoms with Crippen molar-refractivity contribution in [3.8, 4) is 0 Å². The van der Waals surface area contributed by atoms with Crippen LogP contribution >= 0.6 is 27.7 Å². The number of benzene rings is 2. The molecule has 1 aliphatic heterocycles. The van der Waals surface area contributed by atoms with Crippen LogP contribution in [0.4, 0.5) is 4.39 Å². The molecule has 0 aliphatic carbocycles. The maximum atomic E-state index is 13.4. The monoisotopic (exact) mass is 352 g/mol. The minimum atomic E-state index is -0.486. The Balaban J connectivity index is 1.79. The van der Waals surface area contributed by atoms with E-state index in [1.54, 1.807) is 11.8 Å². The molecule has 0 fully saturated rings. The molecule has 1 N–H and O–H groups in total. The van der Waals surface area contributed by atoms with Gasteiger partial charge in [-0.05, 0) is 41.8 Å². The first-order valence-electron chi connectivity index (χ1n) is 6.48. The molecule has 2 atom stereocenters. The average molecular weight is 353 g/mol. The Hall–Kier alpha value is -0.840. The van der Waals surface area contributed by atoms with Crippen molar-refractivity contribution in [2.45, 2.75) is 23.3 Å². The second kappa shape index (κ2) is 5.88. The highest BCUT2D eigenvalue weighted by Crippen LogP contribution is 2.41. The summed E-state index contributed by atoms with van der Waals surface area (Å²) in [5.74, 6) is 0.734. The van der Waals surface area contributed by atoms with Gasteiger partial charge in [-0.2, -0.15) is 0 Å². The molecule has 0 saturated carbocycles. The van der Waals surface area contributed by atoms with E-state index in [4.69, 9.17) is 0 Å². The normalized spacial score (nSPS) is 18.9. The predicted octanol–water partition coefficient (Wildman–Crippen LogP) is 4.38. The van der Waals surface area contributed by atoms with E-state index in [0.717, 1.165) is 11.3 Å². The number of fused-ring (bicyclic) bond motifs is 1. The number of aliphatic hydroxyl groups is 1. The Bertz CT molecular complexity index is 611. The lowest BCUT2D eigenvalue weighted by molar-refractivity contribution is 0.151. The first-order valence-corrected chi connectivity index (χ1v) is 8.26. The van der Waals surface area contributed by atoms with E-state index in [1.165, 1.54) is 22.6 Å². The number of aliphatic hydroxyl groups excluding tert-OH is 1. The van der Waals surface area contributed by atoms with Gasteiger partial charge in [0.05, 0.1) is 6.10 Å². The summed E-state index contributed by atoms with van der Waals surface area (Å²) in [6, 6.07) is 13.0. The highest BCUT2D eigenvalue weighted by molar-refractivity contribution is 9.10. The lowest BCUT2D eigenvalue weighted by Gasteiger charge is -2.18. The number of hydrogen-bond donors (Lipinski definition) is 1. The molecule has 1 nitrogen and oxygen atoms in total. The molecular formula is C16H14BrFOS. The molecular weight excluding hydrogens is 339 g/mol. The number of rotatable bonds is 3. The molecule has 1 aliphatic rings. The van der Waals surface area contributed by atoms with Crippen LogP contribution in [0, 0.1) is 5.82 Å². The van der Waals surface area contributed by atoms with Crippen molar-refractivity contribution in [3.05, 3.63) is 63.9 Å². The van der Waals surface area contributed by atoms with Gasteiger partial charge in [0.2, 0.25) is 0 Å². The van der Waals surface area contributed by atoms with Crippen LogP contribution < -0.4 is 0 Å². The largest absolute Gasteiger partial charge is 0.392 e. The predicted molar refractivity (Wildman–Crippen MR) is 83.7 cm³/mol. The third kappa shape index (κ3) is 2.92. The Labute approximate surface area is 130 Å². The highest BCUT2D eigenvalue weighted by Gasteiger charge is 2.29. The number of hydrogen-bond acceptors (Lipinski definition) is 2. The second-order valence-corrected chi connectivity index (χ2v) is 6.98. The molecule has 20 heavy (non-hydrogen) atoms. The van der Waals surface area contributed by atoms with Crippen molar-refractivity contribution in [3.63, 3.8) is 0 Å². The standard InChI is InChI=1S/C16H14BrFOS/c17-11-5-10(6-12(18)8-11)7-15(19)14-9-20-16-4-2-1-3-13(14)16/h1-6,8,14-15,19H,7,9H2. The van der Waals surface area contributed by atoms with Gasteiger partial charge in [-0.3, -0.25) is 0 Å². The Morgan fingerprint density at radius 3 is 2.90 bits per heavy atom. The number of thioether (sulfide) groups is 1. The minimum absolute atomic E-state index is 0.123. The van der Waals surface area contributed by atoms with Crippen LogP contribution in [0.3, 0.4) is 0 Å². The van der Waals surface area contributed by atoms with Crippen molar-refractivity contribution in [2.75, 3.05) is 5.75 Å². The van der Waals surface area contributed by atoms with Crippen molar-refractivity contribution in [1.82, 2.24) is 0 Å². The van der Waals surface area contributed by atoms with Gasteiger partial charge in [-0.1, -0.05) is 34.1 Å². The molecule has 2 unspecified atom stereocenters. The molecule has 2 aromatic rings. The van der Waals surface area contributed by atoms with Crippen LogP contribution in [0.1, 0.15) is 17.0 Å². The molecule has 0 radical (unpaired) electrons. The zero-order chi connectivity index (χ0) is 14.1. The van der Waals surface area contributed by atoms with Gasteiger partial charge in [-0.25, -0.2) is 4.39 Å². The number of halogens is 2. The molecule has 1 heterocycles. The van der Waals surface area contributed by atoms with E-state index in [0.29, 0.717) is 10.9 Å². The quantitative estimate of drug-likeness (QED) is 0.884. The fraction of sp³-hybridized carbons (Fsp3) is 0.250. The lowest BCUT2D eigenvalue weighted by atomic mass is 9.91. The van der Waals surface area contributed by atoms with Crippen molar-refractivity contribution < 1.29 is 9.50 Å². The van der Waals surface area contributed by atoms with E-state index >= 15 is 0 Å². The Morgan fingerprint density at radius 2 is 2.10 bits per heavy atom. The maximum absolute atomic E-state index is 13.4. The fourth-order valence-corrected chi connectivity index (χ4v) is 4.45. The lowest BCUT2D eigenvalue weighted by Crippen LogP contribution is -2.21. The summed E-state index contributed by atoms with van der Waals surface area (Å²) < 4.78 is 14.1. The summed E-state index contributed by atoms with van der Waals surface area (Å²) in [5, 5.41) is 10.5. The van der Waals surface area contributed by atoms with Gasteiger partial charge in [0.25, 0.3) is 0 Å². The summed E-state index contributed by atoms with van der Waals surface area (Å²) in [6.07, 6.45) is -0.0181. The van der Waals surface area contributed by atoms with Crippen LogP contribution in [-0.4, -0.2) is 17.0 Å². The van der Waals surface area contributed by atoms with E-state index in [1.807, 2.05) is 18.2 Å². The molecule has 0 bridgehead atoms. The average Bonchev–Trinajstić information content (AvgIpc) is 2.81. The van der Waals surface area contributed by atoms with Crippen molar-refractivity contribution >= 4 is 27.7 Å². The molecule has 2 aromatic carbocycles. The Morgan fingerprint density at radius 1 is 1.30 bits per heavy atom. The van der Waals surface area contributed by atoms with E-state index < -0.39 is 6.10 Å². The van der Waals surface area contributed by atoms with Gasteiger partial charge < -0.3 is 5.11 Å². The molecule has 4 heteroatoms. The third-order valence-electron chi connectivity index (χ3n) is 3.57. The summed E-state index contributed by atoms with van der Waals surface area (Å²) in [4.78, 5) is 1.25. The first kappa shape index (κ1) is 14.1. The topological polar surface area (TPSA) is 20.2 Å². The molecule has 0 aromatic heterocycles. The van der Waals surface area contributed by atoms with Gasteiger partial charge in [-0.15, -0.1) is 11.8 Å². The van der Waals surface area contributed by atoms with Crippen LogP contribution in [0.25, 0.3) is 0 Å². The fourth-order valence-electron chi connectivity index (χ4n) is 2.62. The minimum Gasteiger partial charge on any atom is -0.392 e. The summed E-state index contributed by atoms with van der Waals surface area (Å²) >= 11 is 5.06. The zero-order valence-corrected chi connectivity index (χ0v) is 13.1. The smallest absolute Gasteiger partial charge is 0.124 e. The van der Waals surface area contributed by atoms with Crippen LogP contribution in [0.5, 0.6) is 0 Å². The summed E-state index contributed by atoms with van der Waals surface area (Å²) in [5.41, 5.74) is 2.03. The Kier molecular flexibility index (Phi) is 4.15. The second-order valence-electron chi connectivity index (χ2n) is 5.00. The van der Waals surface area contributed by atoms with Crippen LogP contribution in [0.2, 0.25) is 0 Å². The van der Waals surface area contributed by atoms with E-state index in [2.05, 4.69) is 28.1 Å². The summed E-state index contributed by atoms with van der Waals surface area (Å²) in [7, 11) is 0. The van der Waals surface area contributed by atoms with Gasteiger partial charge in [0, 0.05) is 21.0 Å². The SMILES string of the molecule is OC(Cc1cc(F)cc(Br)c1)C1CSc2ccccc21. The van der Waals surface area contributed by atoms with Gasteiger partial charge in [0.1, 0.15) is 5.82 Å². The first-order chi connectivity index (χ1) is 9.63. The highest BCUT2D eigenvalue weighted by atomic mass is 79.9. The van der Waals surface area contributed by atoms with Crippen molar-refractivity contribution in [2.24, 2.45) is 0 Å². The summed E-state index contributed by atoms with van der Waals surface area (Å²) in [6.45, 7) is 0. The molecule has 3 rings (SSSR count). The van der Waals surface area contributed by atoms with Gasteiger partial charge >= 0.3 is 0 Å². The zero-order valence-electron chi connectivity index (χ0n) is 10.7. The van der Waals surface area contributed by atoms with E-state index in [9.17, 15) is 9.50 Å².